The number of hydrogen-bond donors (Lipinski definition) is 1. The third kappa shape index (κ3) is 2.90. The van der Waals surface area contributed by atoms with Crippen LogP contribution in [-0.4, -0.2) is 24.7 Å². The molecule has 2 aromatic heterocycles. The molecule has 25 heavy (non-hydrogen) atoms. The zero-order valence-corrected chi connectivity index (χ0v) is 12.1. The van der Waals surface area contributed by atoms with Crippen molar-refractivity contribution < 1.29 is 19.2 Å². The number of benzene rings is 1. The number of nitro benzene ring substituents is 2. The van der Waals surface area contributed by atoms with E-state index in [0.717, 1.165) is 18.2 Å². The summed E-state index contributed by atoms with van der Waals surface area (Å²) >= 11 is 0. The highest BCUT2D eigenvalue weighted by atomic mass is 16.7. The van der Waals surface area contributed by atoms with E-state index >= 15 is 0 Å². The highest BCUT2D eigenvalue weighted by molar-refractivity contribution is 5.73. The van der Waals surface area contributed by atoms with Gasteiger partial charge in [0.2, 0.25) is 0 Å². The molecule has 0 saturated carbocycles. The van der Waals surface area contributed by atoms with Gasteiger partial charge < -0.3 is 9.40 Å². The third-order valence-corrected chi connectivity index (χ3v) is 3.26. The zero-order valence-electron chi connectivity index (χ0n) is 12.1. The van der Waals surface area contributed by atoms with Crippen LogP contribution >= 0.6 is 0 Å². The predicted molar refractivity (Wildman–Crippen MR) is 81.7 cm³/mol. The predicted octanol–water partition coefficient (Wildman–Crippen LogP) is 3.06. The molecule has 12 heteroatoms. The molecule has 0 radical (unpaired) electrons. The van der Waals surface area contributed by atoms with Gasteiger partial charge in [-0.25, -0.2) is 4.98 Å². The molecule has 0 amide bonds. The molecule has 0 aliphatic heterocycles. The highest BCUT2D eigenvalue weighted by Crippen LogP contribution is 2.33. The minimum absolute atomic E-state index is 0.0718. The molecule has 0 aliphatic carbocycles. The molecule has 0 unspecified atom stereocenters. The maximum absolute atomic E-state index is 11.2. The van der Waals surface area contributed by atoms with E-state index in [1.165, 1.54) is 18.3 Å². The SMILES string of the molecule is O=[N+]([O-])c1ccc(-c2cnc(-c3ccc([N+](=O)[O-])o3)[nH]2)c([N+](=O)[O-])c1. The van der Waals surface area contributed by atoms with Gasteiger partial charge in [0.15, 0.2) is 11.6 Å². The van der Waals surface area contributed by atoms with Crippen molar-refractivity contribution >= 4 is 17.3 Å². The van der Waals surface area contributed by atoms with Gasteiger partial charge in [-0.2, -0.15) is 0 Å². The van der Waals surface area contributed by atoms with E-state index in [1.807, 2.05) is 0 Å². The van der Waals surface area contributed by atoms with Crippen LogP contribution in [-0.2, 0) is 0 Å². The average molecular weight is 345 g/mol. The molecule has 3 aromatic rings. The minimum atomic E-state index is -0.749. The smallest absolute Gasteiger partial charge is 0.397 e. The average Bonchev–Trinajstić information content (AvgIpc) is 3.23. The Hall–Kier alpha value is -4.09. The van der Waals surface area contributed by atoms with Crippen molar-refractivity contribution in [2.75, 3.05) is 0 Å². The highest BCUT2D eigenvalue weighted by Gasteiger charge is 2.23. The molecule has 1 N–H and O–H groups in total. The Morgan fingerprint density at radius 1 is 0.960 bits per heavy atom. The van der Waals surface area contributed by atoms with Gasteiger partial charge in [0.05, 0.1) is 39.4 Å². The molecule has 0 spiro atoms. The first-order valence-electron chi connectivity index (χ1n) is 6.59. The van der Waals surface area contributed by atoms with Crippen LogP contribution in [0.3, 0.4) is 0 Å². The number of nitro groups is 3. The Morgan fingerprint density at radius 3 is 2.32 bits per heavy atom. The van der Waals surface area contributed by atoms with Gasteiger partial charge in [0, 0.05) is 6.07 Å². The fourth-order valence-electron chi connectivity index (χ4n) is 2.15. The Bertz CT molecular complexity index is 1010. The van der Waals surface area contributed by atoms with E-state index in [1.54, 1.807) is 0 Å². The zero-order chi connectivity index (χ0) is 18.1. The molecule has 3 rings (SSSR count). The lowest BCUT2D eigenvalue weighted by atomic mass is 10.1. The van der Waals surface area contributed by atoms with Crippen LogP contribution in [0.5, 0.6) is 0 Å². The summed E-state index contributed by atoms with van der Waals surface area (Å²) in [7, 11) is 0. The van der Waals surface area contributed by atoms with Crippen LogP contribution < -0.4 is 0 Å². The Morgan fingerprint density at radius 2 is 1.72 bits per heavy atom. The molecule has 126 valence electrons. The number of H-pyrrole nitrogens is 1. The normalized spacial score (nSPS) is 10.6. The van der Waals surface area contributed by atoms with Crippen LogP contribution in [0.1, 0.15) is 0 Å². The molecular formula is C13H7N5O7. The summed E-state index contributed by atoms with van der Waals surface area (Å²) in [6, 6.07) is 5.66. The van der Waals surface area contributed by atoms with Gasteiger partial charge in [-0.15, -0.1) is 0 Å². The Labute approximate surface area is 137 Å². The van der Waals surface area contributed by atoms with Gasteiger partial charge in [-0.3, -0.25) is 30.3 Å². The fraction of sp³-hybridized carbons (Fsp3) is 0. The van der Waals surface area contributed by atoms with Gasteiger partial charge in [-0.05, 0) is 12.1 Å². The first-order chi connectivity index (χ1) is 11.9. The maximum atomic E-state index is 11.2. The Balaban J connectivity index is 2.03. The monoisotopic (exact) mass is 345 g/mol. The molecule has 12 nitrogen and oxygen atoms in total. The van der Waals surface area contributed by atoms with E-state index in [-0.39, 0.29) is 22.8 Å². The molecule has 0 aliphatic rings. The van der Waals surface area contributed by atoms with Crippen molar-refractivity contribution in [1.82, 2.24) is 9.97 Å². The van der Waals surface area contributed by atoms with E-state index < -0.39 is 32.0 Å². The molecule has 0 bridgehead atoms. The topological polar surface area (TPSA) is 171 Å². The number of non-ortho nitro benzene ring substituents is 1. The molecule has 1 aromatic carbocycles. The second-order valence-corrected chi connectivity index (χ2v) is 4.76. The van der Waals surface area contributed by atoms with Crippen LogP contribution in [0.15, 0.2) is 40.9 Å². The van der Waals surface area contributed by atoms with Gasteiger partial charge >= 0.3 is 5.88 Å². The quantitative estimate of drug-likeness (QED) is 0.542. The number of aromatic nitrogens is 2. The molecule has 0 fully saturated rings. The van der Waals surface area contributed by atoms with Crippen molar-refractivity contribution in [2.24, 2.45) is 0 Å². The first-order valence-corrected chi connectivity index (χ1v) is 6.59. The van der Waals surface area contributed by atoms with Crippen LogP contribution in [0.25, 0.3) is 22.8 Å². The van der Waals surface area contributed by atoms with Crippen molar-refractivity contribution in [1.29, 1.82) is 0 Å². The van der Waals surface area contributed by atoms with Crippen molar-refractivity contribution in [3.63, 3.8) is 0 Å². The van der Waals surface area contributed by atoms with Crippen molar-refractivity contribution in [3.8, 4) is 22.8 Å². The third-order valence-electron chi connectivity index (χ3n) is 3.26. The van der Waals surface area contributed by atoms with Gasteiger partial charge in [0.1, 0.15) is 4.92 Å². The van der Waals surface area contributed by atoms with E-state index in [2.05, 4.69) is 9.97 Å². The second kappa shape index (κ2) is 5.84. The van der Waals surface area contributed by atoms with Gasteiger partial charge in [-0.1, -0.05) is 0 Å². The van der Waals surface area contributed by atoms with Crippen LogP contribution in [0.4, 0.5) is 17.3 Å². The Kier molecular flexibility index (Phi) is 3.69. The summed E-state index contributed by atoms with van der Waals surface area (Å²) < 4.78 is 4.99. The van der Waals surface area contributed by atoms with Crippen molar-refractivity contribution in [3.05, 3.63) is 66.9 Å². The molecule has 0 atom stereocenters. The first kappa shape index (κ1) is 15.8. The number of aromatic amines is 1. The lowest BCUT2D eigenvalue weighted by Crippen LogP contribution is -1.95. The number of furan rings is 1. The summed E-state index contributed by atoms with van der Waals surface area (Å²) in [6.07, 6.45) is 1.26. The second-order valence-electron chi connectivity index (χ2n) is 4.76. The number of imidazole rings is 1. The van der Waals surface area contributed by atoms with E-state index in [4.69, 9.17) is 4.42 Å². The largest absolute Gasteiger partial charge is 0.433 e. The number of rotatable bonds is 5. The number of nitrogens with zero attached hydrogens (tertiary/aromatic N) is 4. The molecule has 0 saturated heterocycles. The summed E-state index contributed by atoms with van der Waals surface area (Å²) in [4.78, 5) is 37.1. The maximum Gasteiger partial charge on any atom is 0.433 e. The summed E-state index contributed by atoms with van der Waals surface area (Å²) in [5.74, 6) is -0.285. The molecular weight excluding hydrogens is 338 g/mol. The van der Waals surface area contributed by atoms with Crippen LogP contribution in [0.2, 0.25) is 0 Å². The summed E-state index contributed by atoms with van der Waals surface area (Å²) in [5.41, 5.74) is -0.613. The lowest BCUT2D eigenvalue weighted by molar-refractivity contribution is -0.401. The van der Waals surface area contributed by atoms with Crippen LogP contribution in [0, 0.1) is 30.3 Å². The lowest BCUT2D eigenvalue weighted by Gasteiger charge is -2.00. The summed E-state index contributed by atoms with van der Waals surface area (Å²) in [5, 5.41) is 32.6. The standard InChI is InChI=1S/C13H7N5O7/c19-16(20)7-1-2-8(10(5-7)17(21)22)9-6-14-13(15-9)11-3-4-12(25-11)18(23)24/h1-6H,(H,14,15). The number of nitrogens with one attached hydrogen (secondary N) is 1. The van der Waals surface area contributed by atoms with E-state index in [9.17, 15) is 30.3 Å². The summed E-state index contributed by atoms with van der Waals surface area (Å²) in [6.45, 7) is 0. The molecule has 2 heterocycles. The van der Waals surface area contributed by atoms with E-state index in [0.29, 0.717) is 0 Å². The van der Waals surface area contributed by atoms with Crippen molar-refractivity contribution in [2.45, 2.75) is 0 Å². The number of hydrogen-bond acceptors (Lipinski definition) is 8. The fourth-order valence-corrected chi connectivity index (χ4v) is 2.15. The minimum Gasteiger partial charge on any atom is -0.397 e. The van der Waals surface area contributed by atoms with Gasteiger partial charge in [0.25, 0.3) is 11.4 Å².